The highest BCUT2D eigenvalue weighted by Gasteiger charge is 1.61. The molecule has 0 aliphatic carbocycles. The van der Waals surface area contributed by atoms with E-state index in [2.05, 4.69) is 0 Å². The molecular formula is C5H8N2. The summed E-state index contributed by atoms with van der Waals surface area (Å²) in [5.41, 5.74) is 0. The van der Waals surface area contributed by atoms with Crippen molar-refractivity contribution in [1.82, 2.24) is 0 Å². The second kappa shape index (κ2) is 20.1. The van der Waals surface area contributed by atoms with Gasteiger partial charge in [-0.05, 0) is 0 Å². The third kappa shape index (κ3) is 46.0. The first-order valence-corrected chi connectivity index (χ1v) is 2.15. The van der Waals surface area contributed by atoms with E-state index in [0.717, 1.165) is 0 Å². The van der Waals surface area contributed by atoms with Crippen molar-refractivity contribution in [2.75, 3.05) is 0 Å². The fourth-order valence-corrected chi connectivity index (χ4v) is 0.0354. The average Bonchev–Trinajstić information content (AvgIpc) is 1.75. The van der Waals surface area contributed by atoms with E-state index in [1.807, 2.05) is 13.8 Å². The van der Waals surface area contributed by atoms with Gasteiger partial charge in [0.05, 0.1) is 12.1 Å². The summed E-state index contributed by atoms with van der Waals surface area (Å²) in [6, 6.07) is 3.31. The van der Waals surface area contributed by atoms with E-state index in [9.17, 15) is 0 Å². The van der Waals surface area contributed by atoms with Gasteiger partial charge >= 0.3 is 0 Å². The lowest BCUT2D eigenvalue weighted by Crippen LogP contribution is -1.47. The Morgan fingerprint density at radius 3 is 1.43 bits per heavy atom. The van der Waals surface area contributed by atoms with Gasteiger partial charge in [0, 0.05) is 0 Å². The van der Waals surface area contributed by atoms with Crippen LogP contribution in [0.5, 0.6) is 0 Å². The molecule has 0 bridgehead atoms. The zero-order valence-corrected chi connectivity index (χ0v) is 4.60. The number of nitrogens with zero attached hydrogens (tertiary/aromatic N) is 2. The van der Waals surface area contributed by atoms with E-state index in [1.54, 1.807) is 12.1 Å². The van der Waals surface area contributed by atoms with Crippen LogP contribution in [0.3, 0.4) is 0 Å². The van der Waals surface area contributed by atoms with Crippen LogP contribution in [0.2, 0.25) is 0 Å². The number of hydrogen-bond donors (Lipinski definition) is 0. The molecule has 0 aliphatic rings. The Bertz CT molecular complexity index is 71.2. The van der Waals surface area contributed by atoms with E-state index >= 15 is 0 Å². The minimum atomic E-state index is 0. The largest absolute Gasteiger partial charge is 0.197 e. The Hall–Kier alpha value is -1.02. The maximum atomic E-state index is 7.59. The predicted molar refractivity (Wildman–Crippen MR) is 27.2 cm³/mol. The van der Waals surface area contributed by atoms with E-state index in [-0.39, 0.29) is 6.42 Å². The molecule has 38 valence electrons. The van der Waals surface area contributed by atoms with Gasteiger partial charge in [-0.2, -0.15) is 10.5 Å². The minimum absolute atomic E-state index is 0. The van der Waals surface area contributed by atoms with Crippen LogP contribution in [0.1, 0.15) is 20.3 Å². The van der Waals surface area contributed by atoms with Crippen LogP contribution < -0.4 is 0 Å². The summed E-state index contributed by atoms with van der Waals surface area (Å²) in [7, 11) is 0. The van der Waals surface area contributed by atoms with Crippen LogP contribution in [0, 0.1) is 22.7 Å². The minimum Gasteiger partial charge on any atom is -0.197 e. The number of nitriles is 2. The standard InChI is InChI=1S/C3H2N2.C2H6/c4-2-1-3-5;1-2/h1H2;1-2H3. The molecule has 0 saturated carbocycles. The van der Waals surface area contributed by atoms with Crippen LogP contribution in [0.4, 0.5) is 0 Å². The van der Waals surface area contributed by atoms with Crippen LogP contribution in [0.15, 0.2) is 0 Å². The Kier molecular flexibility index (Phi) is 26.9. The molecule has 0 radical (unpaired) electrons. The summed E-state index contributed by atoms with van der Waals surface area (Å²) in [5, 5.41) is 15.2. The van der Waals surface area contributed by atoms with Crippen molar-refractivity contribution >= 4 is 0 Å². The molecule has 7 heavy (non-hydrogen) atoms. The van der Waals surface area contributed by atoms with E-state index in [1.165, 1.54) is 0 Å². The average molecular weight is 96.1 g/mol. The topological polar surface area (TPSA) is 47.6 Å². The van der Waals surface area contributed by atoms with Crippen molar-refractivity contribution in [3.05, 3.63) is 0 Å². The van der Waals surface area contributed by atoms with Gasteiger partial charge in [-0.1, -0.05) is 13.8 Å². The highest BCUT2D eigenvalue weighted by atomic mass is 14.3. The van der Waals surface area contributed by atoms with E-state index < -0.39 is 0 Å². The second-order valence-electron chi connectivity index (χ2n) is 0.493. The Morgan fingerprint density at radius 1 is 1.14 bits per heavy atom. The monoisotopic (exact) mass is 96.1 g/mol. The van der Waals surface area contributed by atoms with Crippen LogP contribution >= 0.6 is 0 Å². The molecular weight excluding hydrogens is 88.1 g/mol. The summed E-state index contributed by atoms with van der Waals surface area (Å²) in [5.74, 6) is 0. The molecule has 2 heteroatoms. The van der Waals surface area contributed by atoms with Gasteiger partial charge in [-0.15, -0.1) is 0 Å². The van der Waals surface area contributed by atoms with Gasteiger partial charge in [0.2, 0.25) is 0 Å². The fraction of sp³-hybridized carbons (Fsp3) is 0.600. The van der Waals surface area contributed by atoms with Crippen molar-refractivity contribution in [3.8, 4) is 12.1 Å². The van der Waals surface area contributed by atoms with Gasteiger partial charge in [0.1, 0.15) is 6.42 Å². The SMILES string of the molecule is CC.N#CCC#N. The first kappa shape index (κ1) is 9.36. The zero-order valence-electron chi connectivity index (χ0n) is 4.60. The molecule has 0 heterocycles. The second-order valence-corrected chi connectivity index (χ2v) is 0.493. The maximum Gasteiger partial charge on any atom is 0.122 e. The molecule has 0 aromatic rings. The molecule has 0 amide bonds. The number of rotatable bonds is 0. The van der Waals surface area contributed by atoms with Gasteiger partial charge in [0.15, 0.2) is 0 Å². The van der Waals surface area contributed by atoms with Crippen LogP contribution in [0.25, 0.3) is 0 Å². The normalized spacial score (nSPS) is 4.00. The number of hydrogen-bond acceptors (Lipinski definition) is 2. The summed E-state index contributed by atoms with van der Waals surface area (Å²) in [4.78, 5) is 0. The van der Waals surface area contributed by atoms with Crippen molar-refractivity contribution in [2.24, 2.45) is 0 Å². The van der Waals surface area contributed by atoms with Gasteiger partial charge in [-0.25, -0.2) is 0 Å². The van der Waals surface area contributed by atoms with Crippen molar-refractivity contribution in [1.29, 1.82) is 10.5 Å². The lowest BCUT2D eigenvalue weighted by molar-refractivity contribution is 1.33. The highest BCUT2D eigenvalue weighted by molar-refractivity contribution is 4.85. The van der Waals surface area contributed by atoms with E-state index in [0.29, 0.717) is 0 Å². The van der Waals surface area contributed by atoms with Crippen molar-refractivity contribution in [3.63, 3.8) is 0 Å². The van der Waals surface area contributed by atoms with E-state index in [4.69, 9.17) is 10.5 Å². The van der Waals surface area contributed by atoms with Crippen molar-refractivity contribution in [2.45, 2.75) is 20.3 Å². The predicted octanol–water partition coefficient (Wildman–Crippen LogP) is 1.45. The molecule has 0 unspecified atom stereocenters. The lowest BCUT2D eigenvalue weighted by Gasteiger charge is -1.45. The molecule has 0 aromatic carbocycles. The van der Waals surface area contributed by atoms with Crippen molar-refractivity contribution < 1.29 is 0 Å². The molecule has 0 aromatic heterocycles. The van der Waals surface area contributed by atoms with Gasteiger partial charge < -0.3 is 0 Å². The third-order valence-electron chi connectivity index (χ3n) is 0.158. The van der Waals surface area contributed by atoms with Gasteiger partial charge in [-0.3, -0.25) is 0 Å². The zero-order chi connectivity index (χ0) is 6.12. The van der Waals surface area contributed by atoms with Gasteiger partial charge in [0.25, 0.3) is 0 Å². The quantitative estimate of drug-likeness (QED) is 0.458. The summed E-state index contributed by atoms with van der Waals surface area (Å²) in [6.07, 6.45) is 0. The molecule has 0 N–H and O–H groups in total. The third-order valence-corrected chi connectivity index (χ3v) is 0.158. The lowest BCUT2D eigenvalue weighted by atomic mass is 10.5. The molecule has 0 saturated heterocycles. The highest BCUT2D eigenvalue weighted by Crippen LogP contribution is 1.59. The molecule has 0 fully saturated rings. The molecule has 0 rings (SSSR count). The Morgan fingerprint density at radius 2 is 1.43 bits per heavy atom. The molecule has 0 atom stereocenters. The molecule has 2 nitrogen and oxygen atoms in total. The fourth-order valence-electron chi connectivity index (χ4n) is 0.0354. The van der Waals surface area contributed by atoms with Crippen LogP contribution in [-0.2, 0) is 0 Å². The molecule has 0 aliphatic heterocycles. The first-order valence-electron chi connectivity index (χ1n) is 2.15. The summed E-state index contributed by atoms with van der Waals surface area (Å²) < 4.78 is 0. The van der Waals surface area contributed by atoms with Crippen LogP contribution in [-0.4, -0.2) is 0 Å². The Labute approximate surface area is 44.0 Å². The molecule has 0 spiro atoms. The summed E-state index contributed by atoms with van der Waals surface area (Å²) >= 11 is 0. The maximum absolute atomic E-state index is 7.59. The smallest absolute Gasteiger partial charge is 0.122 e. The first-order chi connectivity index (χ1) is 3.41. The summed E-state index contributed by atoms with van der Waals surface area (Å²) in [6.45, 7) is 4.00. The Balaban J connectivity index is 0.